The van der Waals surface area contributed by atoms with E-state index in [1.54, 1.807) is 7.11 Å². The molecule has 92 valence electrons. The second-order valence-corrected chi connectivity index (χ2v) is 5.54. The van der Waals surface area contributed by atoms with Crippen LogP contribution < -0.4 is 0 Å². The molecule has 0 aromatic carbocycles. The molecule has 2 aliphatic rings. The van der Waals surface area contributed by atoms with Crippen molar-refractivity contribution >= 4 is 5.78 Å². The van der Waals surface area contributed by atoms with Gasteiger partial charge in [0, 0.05) is 13.5 Å². The molecule has 0 N–H and O–H groups in total. The molecule has 0 aromatic rings. The Morgan fingerprint density at radius 3 is 2.31 bits per heavy atom. The molecule has 0 amide bonds. The third-order valence-electron chi connectivity index (χ3n) is 4.51. The maximum atomic E-state index is 12.3. The van der Waals surface area contributed by atoms with Gasteiger partial charge in [0.05, 0.1) is 0 Å². The van der Waals surface area contributed by atoms with E-state index in [-0.39, 0.29) is 0 Å². The largest absolute Gasteiger partial charge is 0.370 e. The highest BCUT2D eigenvalue weighted by Crippen LogP contribution is 2.37. The Kier molecular flexibility index (Phi) is 4.01. The Bertz CT molecular complexity index is 235. The number of hydrogen-bond donors (Lipinski definition) is 0. The summed E-state index contributed by atoms with van der Waals surface area (Å²) in [5.74, 6) is 1.04. The van der Waals surface area contributed by atoms with E-state index in [4.69, 9.17) is 4.74 Å². The quantitative estimate of drug-likeness (QED) is 0.730. The molecule has 0 aliphatic heterocycles. The van der Waals surface area contributed by atoms with Crippen molar-refractivity contribution in [2.45, 2.75) is 69.8 Å². The molecule has 2 saturated carbocycles. The number of hydrogen-bond acceptors (Lipinski definition) is 2. The van der Waals surface area contributed by atoms with Crippen LogP contribution in [0.2, 0.25) is 0 Å². The summed E-state index contributed by atoms with van der Waals surface area (Å²) >= 11 is 0. The first-order valence-corrected chi connectivity index (χ1v) is 6.85. The highest BCUT2D eigenvalue weighted by atomic mass is 16.5. The normalized spacial score (nSPS) is 25.8. The highest BCUT2D eigenvalue weighted by molar-refractivity contribution is 5.87. The van der Waals surface area contributed by atoms with Gasteiger partial charge < -0.3 is 4.74 Å². The predicted octanol–water partition coefficient (Wildman–Crippen LogP) is 3.49. The van der Waals surface area contributed by atoms with Crippen molar-refractivity contribution < 1.29 is 9.53 Å². The zero-order valence-corrected chi connectivity index (χ0v) is 10.5. The standard InChI is InChI=1S/C14H24O2/c1-16-14(9-5-6-10-14)13(15)11-12-7-3-2-4-8-12/h12H,2-11H2,1H3. The van der Waals surface area contributed by atoms with E-state index in [9.17, 15) is 4.79 Å². The lowest BCUT2D eigenvalue weighted by Crippen LogP contribution is -2.38. The summed E-state index contributed by atoms with van der Waals surface area (Å²) in [6.07, 6.45) is 11.5. The second-order valence-electron chi connectivity index (χ2n) is 5.54. The number of ketones is 1. The van der Waals surface area contributed by atoms with Crippen LogP contribution in [-0.4, -0.2) is 18.5 Å². The Labute approximate surface area is 98.7 Å². The minimum absolute atomic E-state index is 0.388. The van der Waals surface area contributed by atoms with Gasteiger partial charge in [-0.2, -0.15) is 0 Å². The first kappa shape index (κ1) is 12.1. The molecule has 16 heavy (non-hydrogen) atoms. The number of carbonyl (C=O) groups is 1. The van der Waals surface area contributed by atoms with Crippen molar-refractivity contribution in [2.24, 2.45) is 5.92 Å². The van der Waals surface area contributed by atoms with Crippen molar-refractivity contribution in [1.29, 1.82) is 0 Å². The minimum Gasteiger partial charge on any atom is -0.370 e. The van der Waals surface area contributed by atoms with Gasteiger partial charge in [-0.25, -0.2) is 0 Å². The van der Waals surface area contributed by atoms with E-state index < -0.39 is 5.60 Å². The molecule has 0 heterocycles. The van der Waals surface area contributed by atoms with E-state index in [0.717, 1.165) is 32.1 Å². The molecule has 2 nitrogen and oxygen atoms in total. The van der Waals surface area contributed by atoms with Crippen LogP contribution in [0.3, 0.4) is 0 Å². The third-order valence-corrected chi connectivity index (χ3v) is 4.51. The maximum Gasteiger partial charge on any atom is 0.164 e. The van der Waals surface area contributed by atoms with Crippen molar-refractivity contribution in [3.8, 4) is 0 Å². The van der Waals surface area contributed by atoms with Crippen LogP contribution in [0.4, 0.5) is 0 Å². The third kappa shape index (κ3) is 2.48. The molecule has 0 spiro atoms. The highest BCUT2D eigenvalue weighted by Gasteiger charge is 2.41. The summed E-state index contributed by atoms with van der Waals surface area (Å²) in [6, 6.07) is 0. The van der Waals surface area contributed by atoms with Gasteiger partial charge in [-0.1, -0.05) is 32.1 Å². The van der Waals surface area contributed by atoms with Gasteiger partial charge in [-0.05, 0) is 31.6 Å². The van der Waals surface area contributed by atoms with E-state index in [1.807, 2.05) is 0 Å². The molecule has 0 atom stereocenters. The van der Waals surface area contributed by atoms with Crippen LogP contribution in [0, 0.1) is 5.92 Å². The van der Waals surface area contributed by atoms with Crippen LogP contribution in [0.1, 0.15) is 64.2 Å². The molecule has 0 bridgehead atoms. The Morgan fingerprint density at radius 1 is 1.12 bits per heavy atom. The SMILES string of the molecule is COC1(C(=O)CC2CCCCC2)CCCC1. The number of rotatable bonds is 4. The summed E-state index contributed by atoms with van der Waals surface area (Å²) < 4.78 is 5.55. The molecule has 0 unspecified atom stereocenters. The summed E-state index contributed by atoms with van der Waals surface area (Å²) in [5.41, 5.74) is -0.391. The zero-order valence-electron chi connectivity index (χ0n) is 10.5. The van der Waals surface area contributed by atoms with Crippen LogP contribution in [0.25, 0.3) is 0 Å². The van der Waals surface area contributed by atoms with Crippen LogP contribution in [0.15, 0.2) is 0 Å². The van der Waals surface area contributed by atoms with E-state index in [2.05, 4.69) is 0 Å². The molecule has 0 saturated heterocycles. The number of methoxy groups -OCH3 is 1. The van der Waals surface area contributed by atoms with Gasteiger partial charge in [0.25, 0.3) is 0 Å². The predicted molar refractivity (Wildman–Crippen MR) is 64.4 cm³/mol. The first-order valence-electron chi connectivity index (χ1n) is 6.85. The Morgan fingerprint density at radius 2 is 1.75 bits per heavy atom. The van der Waals surface area contributed by atoms with Gasteiger partial charge >= 0.3 is 0 Å². The lowest BCUT2D eigenvalue weighted by molar-refractivity contribution is -0.141. The van der Waals surface area contributed by atoms with Crippen LogP contribution >= 0.6 is 0 Å². The average Bonchev–Trinajstić information content (AvgIpc) is 2.80. The molecule has 0 radical (unpaired) electrons. The molecular formula is C14H24O2. The number of ether oxygens (including phenoxy) is 1. The van der Waals surface area contributed by atoms with Gasteiger partial charge in [0.2, 0.25) is 0 Å². The Hall–Kier alpha value is -0.370. The molecule has 0 aromatic heterocycles. The van der Waals surface area contributed by atoms with E-state index in [0.29, 0.717) is 11.7 Å². The van der Waals surface area contributed by atoms with Crippen LogP contribution in [-0.2, 0) is 9.53 Å². The van der Waals surface area contributed by atoms with Gasteiger partial charge in [0.1, 0.15) is 5.60 Å². The fourth-order valence-electron chi connectivity index (χ4n) is 3.38. The number of carbonyl (C=O) groups excluding carboxylic acids is 1. The molecule has 2 rings (SSSR count). The van der Waals surface area contributed by atoms with Gasteiger partial charge in [-0.15, -0.1) is 0 Å². The van der Waals surface area contributed by atoms with Crippen molar-refractivity contribution in [3.05, 3.63) is 0 Å². The molecule has 2 heteroatoms. The van der Waals surface area contributed by atoms with E-state index in [1.165, 1.54) is 32.1 Å². The Balaban J connectivity index is 1.90. The second kappa shape index (κ2) is 5.31. The van der Waals surface area contributed by atoms with Crippen molar-refractivity contribution in [3.63, 3.8) is 0 Å². The topological polar surface area (TPSA) is 26.3 Å². The van der Waals surface area contributed by atoms with Crippen molar-refractivity contribution in [1.82, 2.24) is 0 Å². The fourth-order valence-corrected chi connectivity index (χ4v) is 3.38. The van der Waals surface area contributed by atoms with Crippen LogP contribution in [0.5, 0.6) is 0 Å². The van der Waals surface area contributed by atoms with Gasteiger partial charge in [-0.3, -0.25) is 4.79 Å². The van der Waals surface area contributed by atoms with Crippen molar-refractivity contribution in [2.75, 3.05) is 7.11 Å². The smallest absolute Gasteiger partial charge is 0.164 e. The first-order chi connectivity index (χ1) is 7.77. The maximum absolute atomic E-state index is 12.3. The average molecular weight is 224 g/mol. The summed E-state index contributed by atoms with van der Waals surface area (Å²) in [7, 11) is 1.71. The lowest BCUT2D eigenvalue weighted by atomic mass is 9.82. The molecular weight excluding hydrogens is 200 g/mol. The van der Waals surface area contributed by atoms with Gasteiger partial charge in [0.15, 0.2) is 5.78 Å². The summed E-state index contributed by atoms with van der Waals surface area (Å²) in [6.45, 7) is 0. The lowest BCUT2D eigenvalue weighted by Gasteiger charge is -2.29. The monoisotopic (exact) mass is 224 g/mol. The summed E-state index contributed by atoms with van der Waals surface area (Å²) in [5, 5.41) is 0. The zero-order chi connectivity index (χ0) is 11.4. The number of Topliss-reactive ketones (excluding diaryl/α,β-unsaturated/α-hetero) is 1. The summed E-state index contributed by atoms with van der Waals surface area (Å²) in [4.78, 5) is 12.3. The van der Waals surface area contributed by atoms with E-state index >= 15 is 0 Å². The molecule has 2 aliphatic carbocycles. The molecule has 2 fully saturated rings. The fraction of sp³-hybridized carbons (Fsp3) is 0.929. The minimum atomic E-state index is -0.391.